The molecule has 1 unspecified atom stereocenters. The van der Waals surface area contributed by atoms with Crippen LogP contribution < -0.4 is 0 Å². The lowest BCUT2D eigenvalue weighted by atomic mass is 10.0. The van der Waals surface area contributed by atoms with Gasteiger partial charge in [0, 0.05) is 6.54 Å². The molecule has 1 fully saturated rings. The highest BCUT2D eigenvalue weighted by molar-refractivity contribution is 5.94. The van der Waals surface area contributed by atoms with E-state index in [1.165, 1.54) is 18.1 Å². The van der Waals surface area contributed by atoms with Crippen molar-refractivity contribution in [1.82, 2.24) is 19.7 Å². The molecule has 6 nitrogen and oxygen atoms in total. The number of piperidine rings is 1. The van der Waals surface area contributed by atoms with Crippen LogP contribution in [0.4, 0.5) is 0 Å². The first kappa shape index (κ1) is 15.6. The zero-order valence-electron chi connectivity index (χ0n) is 13.9. The topological polar surface area (TPSA) is 64.2 Å². The number of hydrogen-bond donors (Lipinski definition) is 0. The van der Waals surface area contributed by atoms with Gasteiger partial charge in [-0.15, -0.1) is 10.2 Å². The Kier molecular flexibility index (Phi) is 4.33. The zero-order valence-corrected chi connectivity index (χ0v) is 13.9. The predicted molar refractivity (Wildman–Crippen MR) is 91.9 cm³/mol. The molecule has 1 aliphatic rings. The molecule has 1 atom stereocenters. The van der Waals surface area contributed by atoms with Gasteiger partial charge in [-0.2, -0.15) is 0 Å². The van der Waals surface area contributed by atoms with E-state index in [9.17, 15) is 4.79 Å². The minimum absolute atomic E-state index is 0.00675. The highest BCUT2D eigenvalue weighted by Crippen LogP contribution is 2.31. The van der Waals surface area contributed by atoms with E-state index in [1.54, 1.807) is 12.4 Å². The van der Waals surface area contributed by atoms with Crippen molar-refractivity contribution in [1.29, 1.82) is 0 Å². The second-order valence-electron chi connectivity index (χ2n) is 6.32. The van der Waals surface area contributed by atoms with E-state index in [-0.39, 0.29) is 11.9 Å². The van der Waals surface area contributed by atoms with Crippen LogP contribution in [0.3, 0.4) is 0 Å². The van der Waals surface area contributed by atoms with E-state index < -0.39 is 0 Å². The molecule has 0 spiro atoms. The number of rotatable bonds is 4. The number of aromatic nitrogens is 3. The van der Waals surface area contributed by atoms with Gasteiger partial charge in [0.15, 0.2) is 5.82 Å². The maximum absolute atomic E-state index is 12.8. The van der Waals surface area contributed by atoms with Gasteiger partial charge in [-0.05, 0) is 30.9 Å². The Morgan fingerprint density at radius 1 is 1.20 bits per heavy atom. The molecule has 0 N–H and O–H groups in total. The van der Waals surface area contributed by atoms with E-state index >= 15 is 0 Å². The Morgan fingerprint density at radius 3 is 2.88 bits per heavy atom. The first-order valence-electron chi connectivity index (χ1n) is 8.58. The number of nitrogens with zero attached hydrogens (tertiary/aromatic N) is 4. The molecule has 0 aliphatic carbocycles. The molecule has 3 aromatic rings. The fourth-order valence-corrected chi connectivity index (χ4v) is 3.42. The Hall–Kier alpha value is -2.89. The predicted octanol–water partition coefficient (Wildman–Crippen LogP) is 3.29. The molecule has 0 radical (unpaired) electrons. The van der Waals surface area contributed by atoms with Crippen molar-refractivity contribution in [3.63, 3.8) is 0 Å². The minimum Gasteiger partial charge on any atom is -0.472 e. The van der Waals surface area contributed by atoms with Crippen LogP contribution in [-0.4, -0.2) is 32.1 Å². The standard InChI is InChI=1S/C19H20N4O2/c24-19(16-9-11-25-13-16)23-10-5-4-8-17(23)18-21-20-14-22(18)12-15-6-2-1-3-7-15/h1-3,6-7,9,11,13-14,17H,4-5,8,10,12H2. The normalized spacial score (nSPS) is 17.6. The number of amides is 1. The molecule has 4 rings (SSSR count). The molecule has 1 saturated heterocycles. The van der Waals surface area contributed by atoms with Crippen LogP contribution in [0.1, 0.15) is 47.1 Å². The summed E-state index contributed by atoms with van der Waals surface area (Å²) in [7, 11) is 0. The molecule has 3 heterocycles. The van der Waals surface area contributed by atoms with E-state index in [2.05, 4.69) is 22.3 Å². The van der Waals surface area contributed by atoms with Gasteiger partial charge in [-0.3, -0.25) is 4.79 Å². The molecule has 25 heavy (non-hydrogen) atoms. The molecule has 0 bridgehead atoms. The summed E-state index contributed by atoms with van der Waals surface area (Å²) in [6, 6.07) is 11.9. The molecule has 128 valence electrons. The molecule has 2 aromatic heterocycles. The van der Waals surface area contributed by atoms with Gasteiger partial charge in [0.1, 0.15) is 12.6 Å². The van der Waals surface area contributed by atoms with E-state index in [4.69, 9.17) is 4.42 Å². The van der Waals surface area contributed by atoms with Crippen LogP contribution in [0, 0.1) is 0 Å². The van der Waals surface area contributed by atoms with Gasteiger partial charge in [-0.25, -0.2) is 0 Å². The summed E-state index contributed by atoms with van der Waals surface area (Å²) < 4.78 is 7.12. The molecule has 1 aromatic carbocycles. The summed E-state index contributed by atoms with van der Waals surface area (Å²) in [5.41, 5.74) is 1.77. The Labute approximate surface area is 146 Å². The van der Waals surface area contributed by atoms with Gasteiger partial charge in [0.2, 0.25) is 0 Å². The molecule has 1 amide bonds. The maximum atomic E-state index is 12.8. The molecule has 0 saturated carbocycles. The monoisotopic (exact) mass is 336 g/mol. The lowest BCUT2D eigenvalue weighted by Gasteiger charge is -2.35. The fraction of sp³-hybridized carbons (Fsp3) is 0.316. The smallest absolute Gasteiger partial charge is 0.257 e. The van der Waals surface area contributed by atoms with Gasteiger partial charge in [0.05, 0.1) is 24.4 Å². The lowest BCUT2D eigenvalue weighted by Crippen LogP contribution is -2.39. The summed E-state index contributed by atoms with van der Waals surface area (Å²) >= 11 is 0. The molecular formula is C19H20N4O2. The maximum Gasteiger partial charge on any atom is 0.257 e. The highest BCUT2D eigenvalue weighted by Gasteiger charge is 2.32. The Morgan fingerprint density at radius 2 is 2.08 bits per heavy atom. The Bertz CT molecular complexity index is 826. The quantitative estimate of drug-likeness (QED) is 0.733. The molecule has 1 aliphatic heterocycles. The number of carbonyl (C=O) groups is 1. The van der Waals surface area contributed by atoms with Crippen molar-refractivity contribution < 1.29 is 9.21 Å². The van der Waals surface area contributed by atoms with Crippen molar-refractivity contribution in [3.8, 4) is 0 Å². The number of benzene rings is 1. The average molecular weight is 336 g/mol. The summed E-state index contributed by atoms with van der Waals surface area (Å²) in [6.07, 6.45) is 7.77. The van der Waals surface area contributed by atoms with E-state index in [0.717, 1.165) is 31.6 Å². The summed E-state index contributed by atoms with van der Waals surface area (Å²) in [4.78, 5) is 14.7. The van der Waals surface area contributed by atoms with Gasteiger partial charge < -0.3 is 13.9 Å². The van der Waals surface area contributed by atoms with Gasteiger partial charge >= 0.3 is 0 Å². The van der Waals surface area contributed by atoms with Crippen LogP contribution in [0.15, 0.2) is 59.7 Å². The number of furan rings is 1. The Balaban J connectivity index is 1.61. The summed E-state index contributed by atoms with van der Waals surface area (Å²) in [5, 5.41) is 8.45. The number of likely N-dealkylation sites (tertiary alicyclic amines) is 1. The summed E-state index contributed by atoms with van der Waals surface area (Å²) in [5.74, 6) is 0.841. The minimum atomic E-state index is -0.0534. The second kappa shape index (κ2) is 6.93. The van der Waals surface area contributed by atoms with Crippen LogP contribution in [0.5, 0.6) is 0 Å². The molecule has 6 heteroatoms. The van der Waals surface area contributed by atoms with Crippen LogP contribution >= 0.6 is 0 Å². The van der Waals surface area contributed by atoms with E-state index in [0.29, 0.717) is 12.1 Å². The second-order valence-corrected chi connectivity index (χ2v) is 6.32. The SMILES string of the molecule is O=C(c1ccoc1)N1CCCCC1c1nncn1Cc1ccccc1. The van der Waals surface area contributed by atoms with Crippen LogP contribution in [-0.2, 0) is 6.54 Å². The van der Waals surface area contributed by atoms with Crippen molar-refractivity contribution in [2.24, 2.45) is 0 Å². The summed E-state index contributed by atoms with van der Waals surface area (Å²) in [6.45, 7) is 1.43. The van der Waals surface area contributed by atoms with Crippen molar-refractivity contribution in [2.45, 2.75) is 31.8 Å². The third-order valence-corrected chi connectivity index (χ3v) is 4.67. The van der Waals surface area contributed by atoms with Gasteiger partial charge in [-0.1, -0.05) is 30.3 Å². The number of hydrogen-bond acceptors (Lipinski definition) is 4. The first-order valence-corrected chi connectivity index (χ1v) is 8.58. The van der Waals surface area contributed by atoms with Crippen molar-refractivity contribution in [2.75, 3.05) is 6.54 Å². The van der Waals surface area contributed by atoms with Crippen LogP contribution in [0.2, 0.25) is 0 Å². The van der Waals surface area contributed by atoms with E-state index in [1.807, 2.05) is 27.7 Å². The average Bonchev–Trinajstić information content (AvgIpc) is 3.34. The first-order chi connectivity index (χ1) is 12.3. The van der Waals surface area contributed by atoms with Crippen molar-refractivity contribution >= 4 is 5.91 Å². The van der Waals surface area contributed by atoms with Gasteiger partial charge in [0.25, 0.3) is 5.91 Å². The fourth-order valence-electron chi connectivity index (χ4n) is 3.42. The third-order valence-electron chi connectivity index (χ3n) is 4.67. The largest absolute Gasteiger partial charge is 0.472 e. The lowest BCUT2D eigenvalue weighted by molar-refractivity contribution is 0.0594. The third kappa shape index (κ3) is 3.20. The highest BCUT2D eigenvalue weighted by atomic mass is 16.3. The zero-order chi connectivity index (χ0) is 17.1. The van der Waals surface area contributed by atoms with Crippen molar-refractivity contribution in [3.05, 3.63) is 72.2 Å². The van der Waals surface area contributed by atoms with Crippen LogP contribution in [0.25, 0.3) is 0 Å². The molecular weight excluding hydrogens is 316 g/mol. The number of carbonyl (C=O) groups excluding carboxylic acids is 1.